The van der Waals surface area contributed by atoms with Gasteiger partial charge in [-0.3, -0.25) is 4.57 Å². The van der Waals surface area contributed by atoms with E-state index in [2.05, 4.69) is 22.2 Å². The Hall–Kier alpha value is -1.88. The van der Waals surface area contributed by atoms with Crippen LogP contribution in [0.4, 0.5) is 5.69 Å². The molecule has 1 N–H and O–H groups in total. The van der Waals surface area contributed by atoms with Crippen LogP contribution in [-0.2, 0) is 4.74 Å². The van der Waals surface area contributed by atoms with Gasteiger partial charge in [-0.25, -0.2) is 9.97 Å². The molecule has 1 atom stereocenters. The van der Waals surface area contributed by atoms with Crippen molar-refractivity contribution >= 4 is 5.69 Å². The fourth-order valence-corrected chi connectivity index (χ4v) is 1.89. The molecule has 0 fully saturated rings. The molecule has 0 aliphatic carbocycles. The molecule has 0 bridgehead atoms. The molecular weight excluding hydrogens is 240 g/mol. The Kier molecular flexibility index (Phi) is 4.52. The normalized spacial score (nSPS) is 12.4. The van der Waals surface area contributed by atoms with Gasteiger partial charge in [0.15, 0.2) is 0 Å². The minimum Gasteiger partial charge on any atom is -0.384 e. The summed E-state index contributed by atoms with van der Waals surface area (Å²) in [6.45, 7) is 5.74. The second-order valence-electron chi connectivity index (χ2n) is 4.69. The summed E-state index contributed by atoms with van der Waals surface area (Å²) in [5.74, 6) is 2.29. The molecule has 0 aliphatic heterocycles. The fraction of sp³-hybridized carbons (Fsp3) is 0.429. The molecule has 0 radical (unpaired) electrons. The topological polar surface area (TPSA) is 52.0 Å². The summed E-state index contributed by atoms with van der Waals surface area (Å²) < 4.78 is 7.06. The lowest BCUT2D eigenvalue weighted by molar-refractivity contribution is 0.164. The number of imidazole rings is 1. The number of hydrogen-bond donors (Lipinski definition) is 1. The summed E-state index contributed by atoms with van der Waals surface area (Å²) in [4.78, 5) is 8.62. The van der Waals surface area contributed by atoms with E-state index in [9.17, 15) is 0 Å². The molecule has 0 aliphatic rings. The maximum Gasteiger partial charge on any atom is 0.138 e. The smallest absolute Gasteiger partial charge is 0.138 e. The predicted octanol–water partition coefficient (Wildman–Crippen LogP) is 2.27. The maximum atomic E-state index is 5.11. The van der Waals surface area contributed by atoms with Gasteiger partial charge in [0.05, 0.1) is 18.5 Å². The molecule has 5 heteroatoms. The van der Waals surface area contributed by atoms with Gasteiger partial charge < -0.3 is 10.1 Å². The first-order valence-corrected chi connectivity index (χ1v) is 6.40. The van der Waals surface area contributed by atoms with E-state index in [0.29, 0.717) is 5.92 Å². The van der Waals surface area contributed by atoms with Gasteiger partial charge in [0.1, 0.15) is 11.6 Å². The molecule has 2 aromatic rings. The van der Waals surface area contributed by atoms with Crippen molar-refractivity contribution in [3.8, 4) is 5.82 Å². The second-order valence-corrected chi connectivity index (χ2v) is 4.69. The summed E-state index contributed by atoms with van der Waals surface area (Å²) in [6, 6.07) is 4.01. The Morgan fingerprint density at radius 2 is 2.21 bits per heavy atom. The average Bonchev–Trinajstić information content (AvgIpc) is 2.84. The molecule has 2 aromatic heterocycles. The monoisotopic (exact) mass is 260 g/mol. The van der Waals surface area contributed by atoms with E-state index >= 15 is 0 Å². The fourth-order valence-electron chi connectivity index (χ4n) is 1.89. The van der Waals surface area contributed by atoms with Crippen molar-refractivity contribution < 1.29 is 4.74 Å². The second kappa shape index (κ2) is 6.33. The van der Waals surface area contributed by atoms with Gasteiger partial charge in [0, 0.05) is 26.0 Å². The van der Waals surface area contributed by atoms with Gasteiger partial charge in [-0.1, -0.05) is 6.92 Å². The SMILES string of the molecule is COCC(C)CNc1ccc(-n2ccnc2C)nc1. The third-order valence-corrected chi connectivity index (χ3v) is 2.93. The van der Waals surface area contributed by atoms with Crippen LogP contribution in [0.1, 0.15) is 12.7 Å². The van der Waals surface area contributed by atoms with Crippen LogP contribution in [0.5, 0.6) is 0 Å². The highest BCUT2D eigenvalue weighted by Gasteiger charge is 2.03. The van der Waals surface area contributed by atoms with Crippen molar-refractivity contribution in [2.75, 3.05) is 25.6 Å². The van der Waals surface area contributed by atoms with Crippen LogP contribution < -0.4 is 5.32 Å². The Morgan fingerprint density at radius 1 is 1.37 bits per heavy atom. The molecule has 2 rings (SSSR count). The number of nitrogens with zero attached hydrogens (tertiary/aromatic N) is 3. The quantitative estimate of drug-likeness (QED) is 0.865. The molecule has 0 aromatic carbocycles. The Morgan fingerprint density at radius 3 is 2.79 bits per heavy atom. The first-order chi connectivity index (χ1) is 9.20. The molecule has 0 saturated carbocycles. The van der Waals surface area contributed by atoms with Crippen molar-refractivity contribution in [3.63, 3.8) is 0 Å². The zero-order chi connectivity index (χ0) is 13.7. The number of anilines is 1. The number of methoxy groups -OCH3 is 1. The Balaban J connectivity index is 1.97. The standard InChI is InChI=1S/C14H20N4O/c1-11(10-19-3)8-16-13-4-5-14(17-9-13)18-7-6-15-12(18)2/h4-7,9,11,16H,8,10H2,1-3H3. The lowest BCUT2D eigenvalue weighted by Gasteiger charge is -2.12. The van der Waals surface area contributed by atoms with Crippen LogP contribution in [0.3, 0.4) is 0 Å². The summed E-state index contributed by atoms with van der Waals surface area (Å²) in [5, 5.41) is 3.35. The highest BCUT2D eigenvalue weighted by molar-refractivity contribution is 5.43. The van der Waals surface area contributed by atoms with Crippen molar-refractivity contribution in [1.29, 1.82) is 0 Å². The predicted molar refractivity (Wildman–Crippen MR) is 75.6 cm³/mol. The zero-order valence-electron chi connectivity index (χ0n) is 11.6. The van der Waals surface area contributed by atoms with Gasteiger partial charge in [-0.05, 0) is 25.0 Å². The van der Waals surface area contributed by atoms with Crippen LogP contribution in [0.25, 0.3) is 5.82 Å². The largest absolute Gasteiger partial charge is 0.384 e. The van der Waals surface area contributed by atoms with E-state index in [4.69, 9.17) is 4.74 Å². The summed E-state index contributed by atoms with van der Waals surface area (Å²) in [7, 11) is 1.72. The number of hydrogen-bond acceptors (Lipinski definition) is 4. The number of aromatic nitrogens is 3. The summed E-state index contributed by atoms with van der Waals surface area (Å²) >= 11 is 0. The lowest BCUT2D eigenvalue weighted by atomic mass is 10.2. The van der Waals surface area contributed by atoms with Crippen molar-refractivity contribution in [2.45, 2.75) is 13.8 Å². The molecule has 1 unspecified atom stereocenters. The first-order valence-electron chi connectivity index (χ1n) is 6.40. The number of pyridine rings is 1. The zero-order valence-corrected chi connectivity index (χ0v) is 11.6. The van der Waals surface area contributed by atoms with Gasteiger partial charge in [0.2, 0.25) is 0 Å². The number of ether oxygens (including phenoxy) is 1. The number of rotatable bonds is 6. The highest BCUT2D eigenvalue weighted by atomic mass is 16.5. The minimum absolute atomic E-state index is 0.473. The van der Waals surface area contributed by atoms with Crippen LogP contribution >= 0.6 is 0 Å². The van der Waals surface area contributed by atoms with Crippen LogP contribution in [0.15, 0.2) is 30.7 Å². The van der Waals surface area contributed by atoms with Gasteiger partial charge in [0.25, 0.3) is 0 Å². The third-order valence-electron chi connectivity index (χ3n) is 2.93. The molecule has 0 spiro atoms. The van der Waals surface area contributed by atoms with Gasteiger partial charge >= 0.3 is 0 Å². The molecule has 5 nitrogen and oxygen atoms in total. The van der Waals surface area contributed by atoms with E-state index in [0.717, 1.165) is 30.5 Å². The highest BCUT2D eigenvalue weighted by Crippen LogP contribution is 2.11. The average molecular weight is 260 g/mol. The van der Waals surface area contributed by atoms with Crippen molar-refractivity contribution in [1.82, 2.24) is 14.5 Å². The van der Waals surface area contributed by atoms with Crippen LogP contribution in [-0.4, -0.2) is 34.8 Å². The molecule has 102 valence electrons. The summed E-state index contributed by atoms with van der Waals surface area (Å²) in [6.07, 6.45) is 5.52. The van der Waals surface area contributed by atoms with E-state index in [1.165, 1.54) is 0 Å². The van der Waals surface area contributed by atoms with Crippen molar-refractivity contribution in [2.24, 2.45) is 5.92 Å². The van der Waals surface area contributed by atoms with E-state index in [-0.39, 0.29) is 0 Å². The van der Waals surface area contributed by atoms with Gasteiger partial charge in [-0.15, -0.1) is 0 Å². The van der Waals surface area contributed by atoms with E-state index < -0.39 is 0 Å². The van der Waals surface area contributed by atoms with E-state index in [1.54, 1.807) is 13.3 Å². The molecular formula is C14H20N4O. The molecule has 2 heterocycles. The molecule has 0 saturated heterocycles. The van der Waals surface area contributed by atoms with Crippen LogP contribution in [0, 0.1) is 12.8 Å². The third kappa shape index (κ3) is 3.54. The first kappa shape index (κ1) is 13.5. The minimum atomic E-state index is 0.473. The van der Waals surface area contributed by atoms with Crippen LogP contribution in [0.2, 0.25) is 0 Å². The number of nitrogens with one attached hydrogen (secondary N) is 1. The van der Waals surface area contributed by atoms with Gasteiger partial charge in [-0.2, -0.15) is 0 Å². The van der Waals surface area contributed by atoms with E-state index in [1.807, 2.05) is 36.0 Å². The maximum absolute atomic E-state index is 5.11. The lowest BCUT2D eigenvalue weighted by Crippen LogP contribution is -2.15. The number of aryl methyl sites for hydroxylation is 1. The Bertz CT molecular complexity index is 506. The van der Waals surface area contributed by atoms with Crippen molar-refractivity contribution in [3.05, 3.63) is 36.5 Å². The molecule has 0 amide bonds. The molecule has 19 heavy (non-hydrogen) atoms. The summed E-state index contributed by atoms with van der Waals surface area (Å²) in [5.41, 5.74) is 1.02. The Labute approximate surface area is 113 Å².